The average Bonchev–Trinajstić information content (AvgIpc) is 2.55. The molecule has 0 bridgehead atoms. The second kappa shape index (κ2) is 8.09. The normalized spacial score (nSPS) is 17.7. The van der Waals surface area contributed by atoms with E-state index < -0.39 is 10.0 Å². The Bertz CT molecular complexity index is 667. The summed E-state index contributed by atoms with van der Waals surface area (Å²) in [6.45, 7) is 1.84. The van der Waals surface area contributed by atoms with Gasteiger partial charge in [0.05, 0.1) is 10.9 Å². The van der Waals surface area contributed by atoms with E-state index in [1.165, 1.54) is 45.5 Å². The van der Waals surface area contributed by atoms with Gasteiger partial charge in [-0.3, -0.25) is 4.79 Å². The van der Waals surface area contributed by atoms with Crippen molar-refractivity contribution in [3.63, 3.8) is 0 Å². The zero-order valence-electron chi connectivity index (χ0n) is 14.6. The lowest BCUT2D eigenvalue weighted by atomic mass is 9.95. The Morgan fingerprint density at radius 2 is 1.88 bits per heavy atom. The number of hydrogen-bond donors (Lipinski definition) is 2. The van der Waals surface area contributed by atoms with Crippen LogP contribution < -0.4 is 10.6 Å². The highest BCUT2D eigenvalue weighted by Gasteiger charge is 2.21. The molecule has 0 heterocycles. The summed E-state index contributed by atoms with van der Waals surface area (Å²) in [4.78, 5) is 12.5. The second-order valence-electron chi connectivity index (χ2n) is 6.53. The lowest BCUT2D eigenvalue weighted by molar-refractivity contribution is -0.118. The minimum absolute atomic E-state index is 0.153. The molecule has 1 aromatic rings. The number of benzene rings is 1. The van der Waals surface area contributed by atoms with Crippen molar-refractivity contribution in [2.75, 3.05) is 19.4 Å². The Hall–Kier alpha value is -1.44. The topological polar surface area (TPSA) is 78.5 Å². The number of amides is 1. The Morgan fingerprint density at radius 1 is 1.21 bits per heavy atom. The van der Waals surface area contributed by atoms with Gasteiger partial charge in [0.25, 0.3) is 0 Å². The van der Waals surface area contributed by atoms with Crippen LogP contribution in [0.1, 0.15) is 39.0 Å². The van der Waals surface area contributed by atoms with Crippen molar-refractivity contribution in [3.05, 3.63) is 24.3 Å². The molecule has 0 aromatic heterocycles. The molecule has 24 heavy (non-hydrogen) atoms. The van der Waals surface area contributed by atoms with Crippen LogP contribution >= 0.6 is 0 Å². The second-order valence-corrected chi connectivity index (χ2v) is 8.68. The first kappa shape index (κ1) is 18.9. The van der Waals surface area contributed by atoms with Crippen LogP contribution in [0.15, 0.2) is 29.2 Å². The van der Waals surface area contributed by atoms with Crippen LogP contribution in [-0.4, -0.2) is 44.8 Å². The summed E-state index contributed by atoms with van der Waals surface area (Å²) in [7, 11) is -0.546. The minimum Gasteiger partial charge on any atom is -0.325 e. The van der Waals surface area contributed by atoms with Crippen molar-refractivity contribution in [1.29, 1.82) is 0 Å². The number of anilines is 1. The molecule has 134 valence electrons. The van der Waals surface area contributed by atoms with E-state index in [-0.39, 0.29) is 16.8 Å². The first-order valence-electron chi connectivity index (χ1n) is 8.40. The zero-order valence-corrected chi connectivity index (χ0v) is 15.4. The van der Waals surface area contributed by atoms with E-state index in [4.69, 9.17) is 0 Å². The van der Waals surface area contributed by atoms with Crippen LogP contribution in [0.3, 0.4) is 0 Å². The average molecular weight is 353 g/mol. The molecule has 0 saturated heterocycles. The molecular formula is C17H27N3O3S. The summed E-state index contributed by atoms with van der Waals surface area (Å²) < 4.78 is 25.5. The highest BCUT2D eigenvalue weighted by Crippen LogP contribution is 2.19. The van der Waals surface area contributed by atoms with Crippen LogP contribution in [0, 0.1) is 0 Å². The van der Waals surface area contributed by atoms with Gasteiger partial charge in [0.15, 0.2) is 0 Å². The highest BCUT2D eigenvalue weighted by atomic mass is 32.2. The minimum atomic E-state index is -3.51. The van der Waals surface area contributed by atoms with E-state index in [1.807, 2.05) is 6.92 Å². The Labute approximate surface area is 144 Å². The van der Waals surface area contributed by atoms with Crippen molar-refractivity contribution in [2.45, 2.75) is 56.0 Å². The fraction of sp³-hybridized carbons (Fsp3) is 0.588. The summed E-state index contributed by atoms with van der Waals surface area (Å²) in [5, 5.41) is 6.16. The lowest BCUT2D eigenvalue weighted by Gasteiger charge is -2.26. The molecule has 1 aliphatic carbocycles. The van der Waals surface area contributed by atoms with Gasteiger partial charge in [0.1, 0.15) is 0 Å². The van der Waals surface area contributed by atoms with Crippen molar-refractivity contribution in [2.24, 2.45) is 0 Å². The third kappa shape index (κ3) is 4.78. The van der Waals surface area contributed by atoms with Crippen molar-refractivity contribution in [3.8, 4) is 0 Å². The molecule has 1 saturated carbocycles. The number of nitrogens with one attached hydrogen (secondary N) is 2. The van der Waals surface area contributed by atoms with Gasteiger partial charge in [-0.1, -0.05) is 25.3 Å². The van der Waals surface area contributed by atoms with E-state index >= 15 is 0 Å². The molecule has 2 N–H and O–H groups in total. The van der Waals surface area contributed by atoms with E-state index in [0.717, 1.165) is 17.1 Å². The van der Waals surface area contributed by atoms with Crippen LogP contribution in [0.2, 0.25) is 0 Å². The van der Waals surface area contributed by atoms with Crippen LogP contribution in [-0.2, 0) is 14.8 Å². The number of carbonyl (C=O) groups is 1. The van der Waals surface area contributed by atoms with E-state index in [0.29, 0.717) is 11.7 Å². The predicted octanol–water partition coefficient (Wildman–Crippen LogP) is 2.19. The Morgan fingerprint density at radius 3 is 2.50 bits per heavy atom. The Balaban J connectivity index is 2.01. The number of hydrogen-bond acceptors (Lipinski definition) is 4. The van der Waals surface area contributed by atoms with Crippen LogP contribution in [0.5, 0.6) is 0 Å². The first-order chi connectivity index (χ1) is 11.3. The lowest BCUT2D eigenvalue weighted by Crippen LogP contribution is -2.44. The molecule has 0 unspecified atom stereocenters. The molecular weight excluding hydrogens is 326 g/mol. The number of carbonyl (C=O) groups excluding carboxylic acids is 1. The maximum absolute atomic E-state index is 12.3. The summed E-state index contributed by atoms with van der Waals surface area (Å²) in [6, 6.07) is 6.41. The molecule has 1 atom stereocenters. The summed E-state index contributed by atoms with van der Waals surface area (Å²) in [6.07, 6.45) is 5.89. The zero-order chi connectivity index (χ0) is 17.7. The fourth-order valence-corrected chi connectivity index (χ4v) is 3.84. The largest absolute Gasteiger partial charge is 0.325 e. The molecule has 1 aliphatic rings. The van der Waals surface area contributed by atoms with Gasteiger partial charge in [0.2, 0.25) is 15.9 Å². The van der Waals surface area contributed by atoms with Gasteiger partial charge in [-0.05, 0) is 38.0 Å². The SMILES string of the molecule is C[C@@H](NC1CCCCC1)C(=O)Nc1cccc(S(=O)(=O)N(C)C)c1. The van der Waals surface area contributed by atoms with Gasteiger partial charge in [-0.25, -0.2) is 12.7 Å². The maximum Gasteiger partial charge on any atom is 0.242 e. The maximum atomic E-state index is 12.3. The molecule has 6 nitrogen and oxygen atoms in total. The molecule has 7 heteroatoms. The monoisotopic (exact) mass is 353 g/mol. The van der Waals surface area contributed by atoms with Gasteiger partial charge in [-0.15, -0.1) is 0 Å². The van der Waals surface area contributed by atoms with Crippen molar-refractivity contribution >= 4 is 21.6 Å². The molecule has 0 spiro atoms. The third-order valence-corrected chi connectivity index (χ3v) is 6.18. The molecule has 0 aliphatic heterocycles. The molecule has 1 fully saturated rings. The van der Waals surface area contributed by atoms with Crippen molar-refractivity contribution in [1.82, 2.24) is 9.62 Å². The molecule has 2 rings (SSSR count). The Kier molecular flexibility index (Phi) is 6.37. The van der Waals surface area contributed by atoms with Crippen LogP contribution in [0.4, 0.5) is 5.69 Å². The molecule has 1 aromatic carbocycles. The molecule has 0 radical (unpaired) electrons. The fourth-order valence-electron chi connectivity index (χ4n) is 2.89. The summed E-state index contributed by atoms with van der Waals surface area (Å²) >= 11 is 0. The van der Waals surface area contributed by atoms with E-state index in [2.05, 4.69) is 10.6 Å². The van der Waals surface area contributed by atoms with Crippen LogP contribution in [0.25, 0.3) is 0 Å². The van der Waals surface area contributed by atoms with E-state index in [9.17, 15) is 13.2 Å². The molecule has 1 amide bonds. The number of nitrogens with zero attached hydrogens (tertiary/aromatic N) is 1. The van der Waals surface area contributed by atoms with Gasteiger partial charge in [-0.2, -0.15) is 0 Å². The van der Waals surface area contributed by atoms with E-state index in [1.54, 1.807) is 12.1 Å². The highest BCUT2D eigenvalue weighted by molar-refractivity contribution is 7.89. The quantitative estimate of drug-likeness (QED) is 0.822. The standard InChI is InChI=1S/C17H27N3O3S/c1-13(18-14-8-5-4-6-9-14)17(21)19-15-10-7-11-16(12-15)24(22,23)20(2)3/h7,10-14,18H,4-6,8-9H2,1-3H3,(H,19,21)/t13-/m1/s1. The third-order valence-electron chi connectivity index (χ3n) is 4.36. The number of rotatable bonds is 6. The summed E-state index contributed by atoms with van der Waals surface area (Å²) in [5.74, 6) is -0.153. The summed E-state index contributed by atoms with van der Waals surface area (Å²) in [5.41, 5.74) is 0.486. The number of sulfonamides is 1. The van der Waals surface area contributed by atoms with Gasteiger partial charge < -0.3 is 10.6 Å². The first-order valence-corrected chi connectivity index (χ1v) is 9.84. The van der Waals surface area contributed by atoms with Gasteiger partial charge in [0, 0.05) is 25.8 Å². The van der Waals surface area contributed by atoms with Gasteiger partial charge >= 0.3 is 0 Å². The van der Waals surface area contributed by atoms with Crippen molar-refractivity contribution < 1.29 is 13.2 Å². The smallest absolute Gasteiger partial charge is 0.242 e. The predicted molar refractivity (Wildman–Crippen MR) is 95.4 cm³/mol.